The zero-order chi connectivity index (χ0) is 27.3. The summed E-state index contributed by atoms with van der Waals surface area (Å²) in [6.07, 6.45) is -1.23. The molecule has 0 aliphatic carbocycles. The fraction of sp³-hybridized carbons (Fsp3) is 0.318. The predicted octanol–water partition coefficient (Wildman–Crippen LogP) is 5.67. The van der Waals surface area contributed by atoms with E-state index in [9.17, 15) is 27.6 Å². The highest BCUT2D eigenvalue weighted by molar-refractivity contribution is 7.13. The van der Waals surface area contributed by atoms with Gasteiger partial charge in [-0.2, -0.15) is 13.2 Å². The molecule has 196 valence electrons. The number of hydrogen-bond donors (Lipinski definition) is 2. The third-order valence-electron chi connectivity index (χ3n) is 4.96. The van der Waals surface area contributed by atoms with Crippen molar-refractivity contribution in [2.45, 2.75) is 38.8 Å². The summed E-state index contributed by atoms with van der Waals surface area (Å²) in [7, 11) is 0. The van der Waals surface area contributed by atoms with Gasteiger partial charge in [-0.25, -0.2) is 19.9 Å². The number of ketones is 2. The van der Waals surface area contributed by atoms with Crippen LogP contribution >= 0.6 is 34.5 Å². The van der Waals surface area contributed by atoms with Gasteiger partial charge in [0.05, 0.1) is 28.3 Å². The normalized spacial score (nSPS) is 12.2. The molecule has 3 aromatic heterocycles. The SMILES string of the molecule is CCC(=O)CNc1ncnc(C(=O)CC(C)c2ncc(C(=O)Nc3cc(C(F)(F)F)c(Cl)cn3)s2)c1Cl. The second-order valence-electron chi connectivity index (χ2n) is 7.72. The Labute approximate surface area is 222 Å². The van der Waals surface area contributed by atoms with Gasteiger partial charge in [0, 0.05) is 25.0 Å². The zero-order valence-corrected chi connectivity index (χ0v) is 21.6. The standard InChI is InChI=1S/C22H19Cl2F3N6O3S/c1-3-11(34)6-29-19-17(24)18(31-9-32-19)14(35)4-10(2)21-30-8-15(37-21)20(36)33-16-5-12(22(25,26)27)13(23)7-28-16/h5,7-10H,3-4,6H2,1-2H3,(H,28,33,36)(H,29,31,32). The van der Waals surface area contributed by atoms with E-state index in [0.717, 1.165) is 23.9 Å². The number of Topliss-reactive ketones (excluding diaryl/α,β-unsaturated/α-hetero) is 2. The Morgan fingerprint density at radius 3 is 2.51 bits per heavy atom. The Bertz CT molecular complexity index is 1340. The van der Waals surface area contributed by atoms with Crippen molar-refractivity contribution in [3.05, 3.63) is 56.0 Å². The Kier molecular flexibility index (Phi) is 9.16. The lowest BCUT2D eigenvalue weighted by Gasteiger charge is -2.11. The monoisotopic (exact) mass is 574 g/mol. The molecule has 1 atom stereocenters. The molecule has 0 fully saturated rings. The van der Waals surface area contributed by atoms with Gasteiger partial charge in [0.1, 0.15) is 33.6 Å². The summed E-state index contributed by atoms with van der Waals surface area (Å²) < 4.78 is 39.1. The highest BCUT2D eigenvalue weighted by atomic mass is 35.5. The Morgan fingerprint density at radius 1 is 1.11 bits per heavy atom. The smallest absolute Gasteiger partial charge is 0.362 e. The molecule has 0 saturated heterocycles. The number of alkyl halides is 3. The summed E-state index contributed by atoms with van der Waals surface area (Å²) in [5.41, 5.74) is -1.16. The minimum Gasteiger partial charge on any atom is -0.362 e. The number of carbonyl (C=O) groups excluding carboxylic acids is 3. The molecule has 9 nitrogen and oxygen atoms in total. The van der Waals surface area contributed by atoms with Gasteiger partial charge >= 0.3 is 6.18 Å². The molecule has 3 rings (SSSR count). The number of halogens is 5. The number of anilines is 2. The van der Waals surface area contributed by atoms with Gasteiger partial charge < -0.3 is 10.6 Å². The van der Waals surface area contributed by atoms with E-state index in [1.807, 2.05) is 0 Å². The molecule has 0 saturated carbocycles. The maximum Gasteiger partial charge on any atom is 0.418 e. The van der Waals surface area contributed by atoms with Gasteiger partial charge in [0.2, 0.25) is 0 Å². The topological polar surface area (TPSA) is 127 Å². The average molecular weight is 575 g/mol. The Hall–Kier alpha value is -3.16. The number of nitrogens with zero attached hydrogens (tertiary/aromatic N) is 4. The van der Waals surface area contributed by atoms with Crippen molar-refractivity contribution >= 4 is 63.6 Å². The van der Waals surface area contributed by atoms with Crippen molar-refractivity contribution in [3.63, 3.8) is 0 Å². The van der Waals surface area contributed by atoms with E-state index in [1.54, 1.807) is 13.8 Å². The largest absolute Gasteiger partial charge is 0.418 e. The van der Waals surface area contributed by atoms with E-state index >= 15 is 0 Å². The van der Waals surface area contributed by atoms with Crippen LogP contribution in [0.25, 0.3) is 0 Å². The number of carbonyl (C=O) groups is 3. The van der Waals surface area contributed by atoms with Crippen LogP contribution in [-0.2, 0) is 11.0 Å². The van der Waals surface area contributed by atoms with Gasteiger partial charge in [0.15, 0.2) is 11.6 Å². The first-order valence-corrected chi connectivity index (χ1v) is 12.3. The van der Waals surface area contributed by atoms with Crippen LogP contribution in [0.1, 0.15) is 63.3 Å². The van der Waals surface area contributed by atoms with E-state index in [4.69, 9.17) is 23.2 Å². The number of amides is 1. The molecule has 15 heteroatoms. The minimum atomic E-state index is -4.71. The molecule has 1 amide bonds. The summed E-state index contributed by atoms with van der Waals surface area (Å²) in [6, 6.07) is 0.635. The van der Waals surface area contributed by atoms with Gasteiger partial charge in [-0.15, -0.1) is 11.3 Å². The minimum absolute atomic E-state index is 0.00425. The van der Waals surface area contributed by atoms with E-state index in [-0.39, 0.29) is 46.0 Å². The lowest BCUT2D eigenvalue weighted by atomic mass is 10.0. The maximum absolute atomic E-state index is 13.0. The lowest BCUT2D eigenvalue weighted by molar-refractivity contribution is -0.137. The average Bonchev–Trinajstić information content (AvgIpc) is 3.34. The Morgan fingerprint density at radius 2 is 1.84 bits per heavy atom. The van der Waals surface area contributed by atoms with Crippen molar-refractivity contribution in [3.8, 4) is 0 Å². The van der Waals surface area contributed by atoms with Crippen LogP contribution in [0.4, 0.5) is 24.8 Å². The number of nitrogens with one attached hydrogen (secondary N) is 2. The lowest BCUT2D eigenvalue weighted by Crippen LogP contribution is -2.15. The summed E-state index contributed by atoms with van der Waals surface area (Å²) in [5.74, 6) is -1.80. The zero-order valence-electron chi connectivity index (χ0n) is 19.3. The molecule has 0 spiro atoms. The third-order valence-corrected chi connectivity index (χ3v) is 6.85. The van der Waals surface area contributed by atoms with E-state index in [1.165, 1.54) is 6.20 Å². The number of hydrogen-bond acceptors (Lipinski definition) is 9. The summed E-state index contributed by atoms with van der Waals surface area (Å²) in [6.45, 7) is 3.43. The highest BCUT2D eigenvalue weighted by Crippen LogP contribution is 2.35. The molecule has 37 heavy (non-hydrogen) atoms. The summed E-state index contributed by atoms with van der Waals surface area (Å²) >= 11 is 12.8. The van der Waals surface area contributed by atoms with Crippen LogP contribution in [-0.4, -0.2) is 44.0 Å². The van der Waals surface area contributed by atoms with Crippen LogP contribution in [0.15, 0.2) is 24.8 Å². The van der Waals surface area contributed by atoms with Crippen molar-refractivity contribution in [1.29, 1.82) is 0 Å². The van der Waals surface area contributed by atoms with Gasteiger partial charge in [0.25, 0.3) is 5.91 Å². The van der Waals surface area contributed by atoms with Crippen LogP contribution < -0.4 is 10.6 Å². The Balaban J connectivity index is 1.67. The number of aromatic nitrogens is 4. The fourth-order valence-electron chi connectivity index (χ4n) is 2.98. The third kappa shape index (κ3) is 7.21. The number of thiazole rings is 1. The first kappa shape index (κ1) is 28.4. The molecular weight excluding hydrogens is 556 g/mol. The van der Waals surface area contributed by atoms with Gasteiger partial charge in [-0.05, 0) is 6.07 Å². The second kappa shape index (κ2) is 11.9. The van der Waals surface area contributed by atoms with E-state index in [2.05, 4.69) is 30.6 Å². The number of rotatable bonds is 10. The molecule has 0 radical (unpaired) electrons. The molecule has 3 aromatic rings. The maximum atomic E-state index is 13.0. The van der Waals surface area contributed by atoms with E-state index < -0.39 is 34.4 Å². The van der Waals surface area contributed by atoms with Crippen molar-refractivity contribution in [2.24, 2.45) is 0 Å². The van der Waals surface area contributed by atoms with Crippen molar-refractivity contribution in [2.75, 3.05) is 17.2 Å². The van der Waals surface area contributed by atoms with Crippen LogP contribution in [0.5, 0.6) is 0 Å². The molecular formula is C22H19Cl2F3N6O3S. The first-order valence-electron chi connectivity index (χ1n) is 10.7. The quantitative estimate of drug-likeness (QED) is 0.296. The summed E-state index contributed by atoms with van der Waals surface area (Å²) in [5, 5.41) is 4.89. The molecule has 3 heterocycles. The molecule has 0 aliphatic rings. The second-order valence-corrected chi connectivity index (χ2v) is 9.57. The van der Waals surface area contributed by atoms with Gasteiger partial charge in [-0.1, -0.05) is 37.0 Å². The van der Waals surface area contributed by atoms with Crippen LogP contribution in [0.3, 0.4) is 0 Å². The molecule has 1 unspecified atom stereocenters. The highest BCUT2D eigenvalue weighted by Gasteiger charge is 2.34. The molecule has 0 aliphatic heterocycles. The molecule has 0 aromatic carbocycles. The van der Waals surface area contributed by atoms with Crippen LogP contribution in [0.2, 0.25) is 10.0 Å². The van der Waals surface area contributed by atoms with Crippen LogP contribution in [0, 0.1) is 0 Å². The van der Waals surface area contributed by atoms with Gasteiger partial charge in [-0.3, -0.25) is 14.4 Å². The first-order chi connectivity index (χ1) is 17.4. The van der Waals surface area contributed by atoms with Crippen molar-refractivity contribution in [1.82, 2.24) is 19.9 Å². The molecule has 2 N–H and O–H groups in total. The predicted molar refractivity (Wildman–Crippen MR) is 133 cm³/mol. The molecule has 0 bridgehead atoms. The number of pyridine rings is 1. The summed E-state index contributed by atoms with van der Waals surface area (Å²) in [4.78, 5) is 52.8. The van der Waals surface area contributed by atoms with E-state index in [0.29, 0.717) is 17.5 Å². The van der Waals surface area contributed by atoms with Crippen molar-refractivity contribution < 1.29 is 27.6 Å². The fourth-order valence-corrected chi connectivity index (χ4v) is 4.32.